The Morgan fingerprint density at radius 3 is 2.71 bits per heavy atom. The number of methoxy groups -OCH3 is 2. The van der Waals surface area contributed by atoms with Crippen LogP contribution in [-0.4, -0.2) is 61.6 Å². The molecule has 28 heavy (non-hydrogen) atoms. The molecule has 0 spiro atoms. The van der Waals surface area contributed by atoms with E-state index in [0.29, 0.717) is 12.5 Å². The molecule has 2 fully saturated rings. The SMILES string of the molecule is COc1cccc(C2CCN(c3nccc(N4CCCC(O)C4)n3)C2)c1OC. The Bertz CT molecular complexity index is 816. The maximum Gasteiger partial charge on any atom is 0.227 e. The molecule has 2 saturated heterocycles. The molecule has 1 aromatic heterocycles. The fourth-order valence-electron chi connectivity index (χ4n) is 4.26. The van der Waals surface area contributed by atoms with Crippen molar-refractivity contribution in [2.45, 2.75) is 31.3 Å². The van der Waals surface area contributed by atoms with Gasteiger partial charge in [-0.2, -0.15) is 4.98 Å². The first-order valence-corrected chi connectivity index (χ1v) is 9.91. The molecule has 0 amide bonds. The van der Waals surface area contributed by atoms with Crippen LogP contribution in [0.1, 0.15) is 30.7 Å². The maximum absolute atomic E-state index is 9.96. The molecule has 0 saturated carbocycles. The fraction of sp³-hybridized carbons (Fsp3) is 0.524. The second-order valence-corrected chi connectivity index (χ2v) is 7.47. The quantitative estimate of drug-likeness (QED) is 0.849. The van der Waals surface area contributed by atoms with Crippen molar-refractivity contribution in [3.05, 3.63) is 36.0 Å². The lowest BCUT2D eigenvalue weighted by atomic mass is 9.97. The van der Waals surface area contributed by atoms with Gasteiger partial charge in [0.05, 0.1) is 20.3 Å². The summed E-state index contributed by atoms with van der Waals surface area (Å²) in [5.74, 6) is 3.57. The first-order chi connectivity index (χ1) is 13.7. The number of aliphatic hydroxyl groups excluding tert-OH is 1. The highest BCUT2D eigenvalue weighted by molar-refractivity contribution is 5.51. The Morgan fingerprint density at radius 1 is 1.04 bits per heavy atom. The smallest absolute Gasteiger partial charge is 0.227 e. The van der Waals surface area contributed by atoms with Crippen molar-refractivity contribution in [1.29, 1.82) is 0 Å². The second kappa shape index (κ2) is 8.22. The zero-order valence-corrected chi connectivity index (χ0v) is 16.5. The Labute approximate surface area is 165 Å². The minimum Gasteiger partial charge on any atom is -0.493 e. The van der Waals surface area contributed by atoms with Gasteiger partial charge in [-0.3, -0.25) is 0 Å². The predicted octanol–water partition coefficient (Wildman–Crippen LogP) is 2.45. The molecule has 2 unspecified atom stereocenters. The number of hydrogen-bond donors (Lipinski definition) is 1. The van der Waals surface area contributed by atoms with Gasteiger partial charge in [0.15, 0.2) is 11.5 Å². The number of anilines is 2. The zero-order valence-electron chi connectivity index (χ0n) is 16.5. The van der Waals surface area contributed by atoms with Crippen molar-refractivity contribution in [3.63, 3.8) is 0 Å². The third-order valence-corrected chi connectivity index (χ3v) is 5.69. The highest BCUT2D eigenvalue weighted by atomic mass is 16.5. The molecule has 0 radical (unpaired) electrons. The fourth-order valence-corrected chi connectivity index (χ4v) is 4.26. The summed E-state index contributed by atoms with van der Waals surface area (Å²) in [5, 5.41) is 9.96. The number of benzene rings is 1. The van der Waals surface area contributed by atoms with E-state index >= 15 is 0 Å². The lowest BCUT2D eigenvalue weighted by Crippen LogP contribution is -2.39. The van der Waals surface area contributed by atoms with Gasteiger partial charge < -0.3 is 24.4 Å². The van der Waals surface area contributed by atoms with Gasteiger partial charge in [-0.05, 0) is 31.4 Å². The number of aromatic nitrogens is 2. The average molecular weight is 384 g/mol. The van der Waals surface area contributed by atoms with Crippen LogP contribution in [0.3, 0.4) is 0 Å². The van der Waals surface area contributed by atoms with E-state index < -0.39 is 0 Å². The van der Waals surface area contributed by atoms with Crippen LogP contribution < -0.4 is 19.3 Å². The van der Waals surface area contributed by atoms with Crippen LogP contribution in [0.4, 0.5) is 11.8 Å². The lowest BCUT2D eigenvalue weighted by Gasteiger charge is -2.31. The van der Waals surface area contributed by atoms with Crippen LogP contribution in [0.5, 0.6) is 11.5 Å². The summed E-state index contributed by atoms with van der Waals surface area (Å²) in [6.45, 7) is 3.31. The summed E-state index contributed by atoms with van der Waals surface area (Å²) >= 11 is 0. The second-order valence-electron chi connectivity index (χ2n) is 7.47. The van der Waals surface area contributed by atoms with E-state index in [1.807, 2.05) is 24.4 Å². The zero-order chi connectivity index (χ0) is 19.5. The Hall–Kier alpha value is -2.54. The summed E-state index contributed by atoms with van der Waals surface area (Å²) in [4.78, 5) is 13.7. The van der Waals surface area contributed by atoms with Gasteiger partial charge in [-0.15, -0.1) is 0 Å². The van der Waals surface area contributed by atoms with Gasteiger partial charge in [0.25, 0.3) is 0 Å². The van der Waals surface area contributed by atoms with Crippen LogP contribution in [0, 0.1) is 0 Å². The third kappa shape index (κ3) is 3.71. The van der Waals surface area contributed by atoms with Gasteiger partial charge in [0.2, 0.25) is 5.95 Å². The molecule has 2 aliphatic rings. The normalized spacial score (nSPS) is 22.4. The van der Waals surface area contributed by atoms with Crippen molar-refractivity contribution >= 4 is 11.8 Å². The molecule has 1 N–H and O–H groups in total. The number of aliphatic hydroxyl groups is 1. The van der Waals surface area contributed by atoms with Crippen molar-refractivity contribution in [2.75, 3.05) is 50.2 Å². The molecular weight excluding hydrogens is 356 g/mol. The Morgan fingerprint density at radius 2 is 1.93 bits per heavy atom. The van der Waals surface area contributed by atoms with E-state index in [4.69, 9.17) is 14.5 Å². The summed E-state index contributed by atoms with van der Waals surface area (Å²) < 4.78 is 11.1. The van der Waals surface area contributed by atoms with Gasteiger partial charge in [-0.25, -0.2) is 4.98 Å². The van der Waals surface area contributed by atoms with Gasteiger partial charge in [0.1, 0.15) is 5.82 Å². The standard InChI is InChI=1S/C21H28N4O3/c1-27-18-7-3-6-17(20(18)28-2)15-9-12-25(13-15)21-22-10-8-19(23-21)24-11-4-5-16(26)14-24/h3,6-8,10,15-16,26H,4-5,9,11-14H2,1-2H3. The monoisotopic (exact) mass is 384 g/mol. The number of rotatable bonds is 5. The van der Waals surface area contributed by atoms with Crippen LogP contribution in [-0.2, 0) is 0 Å². The van der Waals surface area contributed by atoms with Crippen molar-refractivity contribution in [2.24, 2.45) is 0 Å². The highest BCUT2D eigenvalue weighted by Crippen LogP contribution is 2.39. The topological polar surface area (TPSA) is 71.0 Å². The lowest BCUT2D eigenvalue weighted by molar-refractivity contribution is 0.154. The summed E-state index contributed by atoms with van der Waals surface area (Å²) in [6.07, 6.45) is 4.41. The number of ether oxygens (including phenoxy) is 2. The molecular formula is C21H28N4O3. The van der Waals surface area contributed by atoms with E-state index in [1.54, 1.807) is 14.2 Å². The molecule has 0 bridgehead atoms. The number of para-hydroxylation sites is 1. The minimum absolute atomic E-state index is 0.274. The van der Waals surface area contributed by atoms with Crippen LogP contribution >= 0.6 is 0 Å². The predicted molar refractivity (Wildman–Crippen MR) is 109 cm³/mol. The van der Waals surface area contributed by atoms with E-state index in [-0.39, 0.29) is 6.10 Å². The molecule has 2 aromatic rings. The number of nitrogens with zero attached hydrogens (tertiary/aromatic N) is 4. The van der Waals surface area contributed by atoms with Crippen molar-refractivity contribution < 1.29 is 14.6 Å². The molecule has 2 aliphatic heterocycles. The molecule has 7 heteroatoms. The van der Waals surface area contributed by atoms with E-state index in [9.17, 15) is 5.11 Å². The third-order valence-electron chi connectivity index (χ3n) is 5.69. The van der Waals surface area contributed by atoms with Crippen LogP contribution in [0.2, 0.25) is 0 Å². The van der Waals surface area contributed by atoms with Crippen LogP contribution in [0.25, 0.3) is 0 Å². The number of piperidine rings is 1. The largest absolute Gasteiger partial charge is 0.493 e. The average Bonchev–Trinajstić information content (AvgIpc) is 3.23. The van der Waals surface area contributed by atoms with E-state index in [2.05, 4.69) is 20.9 Å². The minimum atomic E-state index is -0.274. The first-order valence-electron chi connectivity index (χ1n) is 9.91. The first kappa shape index (κ1) is 18.8. The molecule has 1 aromatic carbocycles. The van der Waals surface area contributed by atoms with E-state index in [1.165, 1.54) is 5.56 Å². The van der Waals surface area contributed by atoms with Crippen molar-refractivity contribution in [1.82, 2.24) is 9.97 Å². The molecule has 7 nitrogen and oxygen atoms in total. The van der Waals surface area contributed by atoms with Gasteiger partial charge >= 0.3 is 0 Å². The summed E-state index contributed by atoms with van der Waals surface area (Å²) in [7, 11) is 3.35. The maximum atomic E-state index is 9.96. The van der Waals surface area contributed by atoms with Gasteiger partial charge in [-0.1, -0.05) is 12.1 Å². The highest BCUT2D eigenvalue weighted by Gasteiger charge is 2.29. The van der Waals surface area contributed by atoms with E-state index in [0.717, 1.165) is 62.2 Å². The molecule has 0 aliphatic carbocycles. The molecule has 2 atom stereocenters. The summed E-state index contributed by atoms with van der Waals surface area (Å²) in [6, 6.07) is 7.98. The van der Waals surface area contributed by atoms with Crippen molar-refractivity contribution in [3.8, 4) is 11.5 Å². The van der Waals surface area contributed by atoms with Crippen LogP contribution in [0.15, 0.2) is 30.5 Å². The molecule has 150 valence electrons. The number of β-amino-alcohol motifs (C(OH)–C–C–N with tert-alkyl or cyclic N) is 1. The Kier molecular flexibility index (Phi) is 5.52. The summed E-state index contributed by atoms with van der Waals surface area (Å²) in [5.41, 5.74) is 1.17. The molecule has 3 heterocycles. The molecule has 4 rings (SSSR count). The Balaban J connectivity index is 1.51. The van der Waals surface area contributed by atoms with Gasteiger partial charge in [0, 0.05) is 43.9 Å². The number of hydrogen-bond acceptors (Lipinski definition) is 7.